The standard InChI is InChI=1S/C20H26FN3O10/c1-7-13(34-19-16(33-11(5)27)14(8(2)30-19)31-9(3)25)15(32-10(4)26)18(29-7)24-6-12(21)17(22)23-20(24)28/h6-8,13-16,18-19H,1-5H3,(H2,22,23,28)/t7-,8-,13-,14-,15-,16-,18-,19?/m1/s1. The summed E-state index contributed by atoms with van der Waals surface area (Å²) in [4.78, 5) is 50.7. The average molecular weight is 487 g/mol. The van der Waals surface area contributed by atoms with Gasteiger partial charge in [-0.15, -0.1) is 0 Å². The molecular formula is C20H26FN3O10. The minimum Gasteiger partial charge on any atom is -0.456 e. The summed E-state index contributed by atoms with van der Waals surface area (Å²) in [5, 5.41) is 0. The molecule has 1 aromatic rings. The Hall–Kier alpha value is -3.10. The first kappa shape index (κ1) is 25.5. The van der Waals surface area contributed by atoms with E-state index in [0.29, 0.717) is 0 Å². The molecule has 188 valence electrons. The maximum Gasteiger partial charge on any atom is 0.351 e. The van der Waals surface area contributed by atoms with Gasteiger partial charge in [-0.3, -0.25) is 19.0 Å². The third-order valence-corrected chi connectivity index (χ3v) is 5.23. The number of aromatic nitrogens is 2. The van der Waals surface area contributed by atoms with Gasteiger partial charge in [0.05, 0.1) is 18.4 Å². The van der Waals surface area contributed by atoms with Gasteiger partial charge in [-0.2, -0.15) is 4.98 Å². The van der Waals surface area contributed by atoms with Crippen molar-refractivity contribution < 1.29 is 47.2 Å². The number of ether oxygens (including phenoxy) is 6. The van der Waals surface area contributed by atoms with E-state index >= 15 is 0 Å². The predicted octanol–water partition coefficient (Wildman–Crippen LogP) is -0.193. The van der Waals surface area contributed by atoms with Gasteiger partial charge in [-0.05, 0) is 13.8 Å². The second kappa shape index (κ2) is 10.0. The number of nitrogens with zero attached hydrogens (tertiary/aromatic N) is 2. The van der Waals surface area contributed by atoms with Crippen LogP contribution in [0, 0.1) is 5.82 Å². The van der Waals surface area contributed by atoms with Gasteiger partial charge in [-0.1, -0.05) is 0 Å². The first-order valence-corrected chi connectivity index (χ1v) is 10.4. The van der Waals surface area contributed by atoms with Crippen LogP contribution in [-0.4, -0.2) is 70.4 Å². The van der Waals surface area contributed by atoms with Crippen LogP contribution in [0.5, 0.6) is 0 Å². The SMILES string of the molecule is CC(=O)O[C@@H]1[C@H](OC2O[C@H](C)[C@@H](OC(C)=O)[C@H]2OC(C)=O)[C@@H](C)O[C@H]1n1cc(F)c(N)nc1=O. The molecule has 0 saturated carbocycles. The number of esters is 3. The summed E-state index contributed by atoms with van der Waals surface area (Å²) < 4.78 is 48.2. The minimum atomic E-state index is -1.31. The maximum absolute atomic E-state index is 14.0. The van der Waals surface area contributed by atoms with Crippen LogP contribution in [-0.2, 0) is 42.8 Å². The van der Waals surface area contributed by atoms with Crippen molar-refractivity contribution in [3.63, 3.8) is 0 Å². The van der Waals surface area contributed by atoms with Gasteiger partial charge in [0.2, 0.25) is 0 Å². The van der Waals surface area contributed by atoms with Crippen LogP contribution in [0.15, 0.2) is 11.0 Å². The van der Waals surface area contributed by atoms with E-state index in [9.17, 15) is 23.6 Å². The van der Waals surface area contributed by atoms with E-state index in [2.05, 4.69) is 4.98 Å². The second-order valence-corrected chi connectivity index (χ2v) is 7.93. The van der Waals surface area contributed by atoms with Crippen molar-refractivity contribution in [3.8, 4) is 0 Å². The van der Waals surface area contributed by atoms with Gasteiger partial charge in [0.25, 0.3) is 0 Å². The van der Waals surface area contributed by atoms with Crippen molar-refractivity contribution >= 4 is 23.7 Å². The molecule has 1 aromatic heterocycles. The quantitative estimate of drug-likeness (QED) is 0.415. The summed E-state index contributed by atoms with van der Waals surface area (Å²) in [5.74, 6) is -3.60. The summed E-state index contributed by atoms with van der Waals surface area (Å²) in [6, 6.07) is 0. The van der Waals surface area contributed by atoms with Crippen LogP contribution in [0.3, 0.4) is 0 Å². The van der Waals surface area contributed by atoms with E-state index in [0.717, 1.165) is 17.7 Å². The lowest BCUT2D eigenvalue weighted by atomic mass is 10.1. The fourth-order valence-corrected chi connectivity index (χ4v) is 3.89. The van der Waals surface area contributed by atoms with Crippen LogP contribution < -0.4 is 11.4 Å². The Balaban J connectivity index is 1.92. The first-order chi connectivity index (χ1) is 15.9. The monoisotopic (exact) mass is 487 g/mol. The predicted molar refractivity (Wildman–Crippen MR) is 108 cm³/mol. The van der Waals surface area contributed by atoms with Crippen LogP contribution in [0.1, 0.15) is 40.8 Å². The number of anilines is 1. The Kier molecular flexibility index (Phi) is 7.53. The zero-order valence-corrected chi connectivity index (χ0v) is 19.1. The van der Waals surface area contributed by atoms with Crippen LogP contribution in [0.2, 0.25) is 0 Å². The summed E-state index contributed by atoms with van der Waals surface area (Å²) >= 11 is 0. The number of nitrogens with two attached hydrogens (primary N) is 1. The molecule has 0 radical (unpaired) electrons. The fraction of sp³-hybridized carbons (Fsp3) is 0.650. The van der Waals surface area contributed by atoms with Crippen molar-refractivity contribution in [1.82, 2.24) is 9.55 Å². The first-order valence-electron chi connectivity index (χ1n) is 10.4. The van der Waals surface area contributed by atoms with E-state index in [1.807, 2.05) is 0 Å². The number of halogens is 1. The third-order valence-electron chi connectivity index (χ3n) is 5.23. The fourth-order valence-electron chi connectivity index (χ4n) is 3.89. The Morgan fingerprint density at radius 1 is 0.941 bits per heavy atom. The Morgan fingerprint density at radius 2 is 1.47 bits per heavy atom. The molecule has 3 heterocycles. The van der Waals surface area contributed by atoms with Crippen molar-refractivity contribution in [2.75, 3.05) is 5.73 Å². The lowest BCUT2D eigenvalue weighted by Crippen LogP contribution is -2.45. The molecule has 1 unspecified atom stereocenters. The summed E-state index contributed by atoms with van der Waals surface area (Å²) in [5.41, 5.74) is 4.40. The normalized spacial score (nSPS) is 32.9. The highest BCUT2D eigenvalue weighted by Crippen LogP contribution is 2.37. The van der Waals surface area contributed by atoms with E-state index in [4.69, 9.17) is 34.2 Å². The van der Waals surface area contributed by atoms with Gasteiger partial charge >= 0.3 is 23.6 Å². The molecule has 0 aromatic carbocycles. The molecule has 0 bridgehead atoms. The third kappa shape index (κ3) is 5.34. The highest BCUT2D eigenvalue weighted by molar-refractivity contribution is 5.67. The van der Waals surface area contributed by atoms with Gasteiger partial charge in [0.1, 0.15) is 6.10 Å². The largest absolute Gasteiger partial charge is 0.456 e. The van der Waals surface area contributed by atoms with Crippen molar-refractivity contribution in [2.45, 2.75) is 83.8 Å². The molecule has 2 saturated heterocycles. The van der Waals surface area contributed by atoms with E-state index in [1.54, 1.807) is 13.8 Å². The van der Waals surface area contributed by atoms with Crippen molar-refractivity contribution in [3.05, 3.63) is 22.5 Å². The topological polar surface area (TPSA) is 168 Å². The number of hydrogen-bond donors (Lipinski definition) is 1. The summed E-state index contributed by atoms with van der Waals surface area (Å²) in [6.45, 7) is 6.65. The zero-order chi connectivity index (χ0) is 25.3. The molecule has 0 spiro atoms. The zero-order valence-electron chi connectivity index (χ0n) is 19.1. The van der Waals surface area contributed by atoms with Crippen LogP contribution >= 0.6 is 0 Å². The Morgan fingerprint density at radius 3 is 2.06 bits per heavy atom. The van der Waals surface area contributed by atoms with Crippen LogP contribution in [0.4, 0.5) is 10.2 Å². The molecule has 8 atom stereocenters. The van der Waals surface area contributed by atoms with Gasteiger partial charge in [0.15, 0.2) is 42.5 Å². The molecule has 0 amide bonds. The molecule has 2 aliphatic rings. The highest BCUT2D eigenvalue weighted by Gasteiger charge is 2.54. The summed E-state index contributed by atoms with van der Waals surface area (Å²) in [6.07, 6.45) is -7.71. The smallest absolute Gasteiger partial charge is 0.351 e. The molecule has 2 N–H and O–H groups in total. The van der Waals surface area contributed by atoms with Gasteiger partial charge < -0.3 is 34.2 Å². The number of carbonyl (C=O) groups excluding carboxylic acids is 3. The minimum absolute atomic E-state index is 0.599. The lowest BCUT2D eigenvalue weighted by molar-refractivity contribution is -0.220. The molecular weight excluding hydrogens is 461 g/mol. The number of rotatable bonds is 6. The van der Waals surface area contributed by atoms with Gasteiger partial charge in [0, 0.05) is 20.8 Å². The molecule has 3 rings (SSSR count). The maximum atomic E-state index is 14.0. The number of hydrogen-bond acceptors (Lipinski definition) is 12. The van der Waals surface area contributed by atoms with Crippen molar-refractivity contribution in [2.24, 2.45) is 0 Å². The molecule has 14 heteroatoms. The Labute approximate surface area is 193 Å². The average Bonchev–Trinajstić information content (AvgIpc) is 3.15. The van der Waals surface area contributed by atoms with E-state index in [-0.39, 0.29) is 0 Å². The van der Waals surface area contributed by atoms with Gasteiger partial charge in [-0.25, -0.2) is 9.18 Å². The number of carbonyl (C=O) groups is 3. The van der Waals surface area contributed by atoms with Crippen LogP contribution in [0.25, 0.3) is 0 Å². The molecule has 0 aliphatic carbocycles. The molecule has 2 aliphatic heterocycles. The lowest BCUT2D eigenvalue weighted by Gasteiger charge is -2.28. The Bertz CT molecular complexity index is 1020. The molecule has 13 nitrogen and oxygen atoms in total. The second-order valence-electron chi connectivity index (χ2n) is 7.93. The van der Waals surface area contributed by atoms with E-state index in [1.165, 1.54) is 13.8 Å². The molecule has 34 heavy (non-hydrogen) atoms. The number of nitrogen functional groups attached to an aromatic ring is 1. The van der Waals surface area contributed by atoms with Crippen molar-refractivity contribution in [1.29, 1.82) is 0 Å². The van der Waals surface area contributed by atoms with E-state index < -0.39 is 84.4 Å². The highest BCUT2D eigenvalue weighted by atomic mass is 19.1. The summed E-state index contributed by atoms with van der Waals surface area (Å²) in [7, 11) is 0. The molecule has 2 fully saturated rings.